The summed E-state index contributed by atoms with van der Waals surface area (Å²) in [5, 5.41) is 0. The summed E-state index contributed by atoms with van der Waals surface area (Å²) in [6, 6.07) is 0.179. The molecule has 0 bridgehead atoms. The topological polar surface area (TPSA) is 46.6 Å². The maximum absolute atomic E-state index is 12.2. The Kier molecular flexibility index (Phi) is 4.69. The first-order chi connectivity index (χ1) is 7.90. The molecular weight excluding hydrogens is 218 g/mol. The number of carbonyl (C=O) groups is 2. The van der Waals surface area contributed by atoms with Crippen molar-refractivity contribution in [1.82, 2.24) is 4.90 Å². The summed E-state index contributed by atoms with van der Waals surface area (Å²) in [6.45, 7) is 6.50. The molecule has 1 amide bonds. The fraction of sp³-hybridized carbons (Fsp3) is 0.846. The number of nitrogens with zero attached hydrogens (tertiary/aromatic N) is 1. The molecule has 1 heterocycles. The van der Waals surface area contributed by atoms with Gasteiger partial charge in [0, 0.05) is 19.7 Å². The lowest BCUT2D eigenvalue weighted by Crippen LogP contribution is -2.49. The highest BCUT2D eigenvalue weighted by atomic mass is 16.5. The molecule has 0 N–H and O–H groups in total. The SMILES string of the molecule is COCC(C)(C)C(=O)C(=O)N1CCCCC1C. The van der Waals surface area contributed by atoms with Crippen LogP contribution in [0.3, 0.4) is 0 Å². The van der Waals surface area contributed by atoms with Gasteiger partial charge in [-0.15, -0.1) is 0 Å². The average Bonchev–Trinajstić information content (AvgIpc) is 2.27. The molecule has 0 saturated carbocycles. The van der Waals surface area contributed by atoms with Crippen LogP contribution < -0.4 is 0 Å². The molecule has 4 nitrogen and oxygen atoms in total. The minimum atomic E-state index is -0.733. The molecule has 1 atom stereocenters. The second kappa shape index (κ2) is 5.63. The maximum Gasteiger partial charge on any atom is 0.290 e. The predicted molar refractivity (Wildman–Crippen MR) is 65.7 cm³/mol. The van der Waals surface area contributed by atoms with Crippen molar-refractivity contribution in [3.8, 4) is 0 Å². The van der Waals surface area contributed by atoms with E-state index in [4.69, 9.17) is 4.74 Å². The first-order valence-electron chi connectivity index (χ1n) is 6.24. The van der Waals surface area contributed by atoms with Crippen molar-refractivity contribution in [3.63, 3.8) is 0 Å². The van der Waals surface area contributed by atoms with E-state index in [0.29, 0.717) is 6.54 Å². The van der Waals surface area contributed by atoms with E-state index in [1.54, 1.807) is 25.9 Å². The van der Waals surface area contributed by atoms with Gasteiger partial charge in [-0.3, -0.25) is 9.59 Å². The largest absolute Gasteiger partial charge is 0.384 e. The summed E-state index contributed by atoms with van der Waals surface area (Å²) >= 11 is 0. The van der Waals surface area contributed by atoms with Gasteiger partial charge >= 0.3 is 0 Å². The quantitative estimate of drug-likeness (QED) is 0.703. The number of Topliss-reactive ketones (excluding diaryl/α,β-unsaturated/α-hetero) is 1. The van der Waals surface area contributed by atoms with Crippen LogP contribution in [0.1, 0.15) is 40.0 Å². The first-order valence-corrected chi connectivity index (χ1v) is 6.24. The van der Waals surface area contributed by atoms with Gasteiger partial charge in [-0.1, -0.05) is 13.8 Å². The third-order valence-electron chi connectivity index (χ3n) is 3.38. The zero-order valence-corrected chi connectivity index (χ0v) is 11.3. The van der Waals surface area contributed by atoms with Gasteiger partial charge in [0.2, 0.25) is 5.78 Å². The van der Waals surface area contributed by atoms with Crippen molar-refractivity contribution < 1.29 is 14.3 Å². The van der Waals surface area contributed by atoms with Gasteiger partial charge in [0.15, 0.2) is 0 Å². The fourth-order valence-corrected chi connectivity index (χ4v) is 2.25. The molecule has 1 rings (SSSR count). The fourth-order valence-electron chi connectivity index (χ4n) is 2.25. The highest BCUT2D eigenvalue weighted by molar-refractivity contribution is 6.38. The monoisotopic (exact) mass is 241 g/mol. The van der Waals surface area contributed by atoms with Gasteiger partial charge in [0.05, 0.1) is 12.0 Å². The minimum Gasteiger partial charge on any atom is -0.384 e. The molecule has 0 spiro atoms. The number of ether oxygens (including phenoxy) is 1. The van der Waals surface area contributed by atoms with E-state index in [2.05, 4.69) is 0 Å². The Bertz CT molecular complexity index is 299. The summed E-state index contributed by atoms with van der Waals surface area (Å²) in [6.07, 6.45) is 3.12. The highest BCUT2D eigenvalue weighted by Crippen LogP contribution is 2.22. The van der Waals surface area contributed by atoms with Crippen molar-refractivity contribution in [1.29, 1.82) is 0 Å². The predicted octanol–water partition coefficient (Wildman–Crippen LogP) is 1.63. The van der Waals surface area contributed by atoms with E-state index >= 15 is 0 Å². The molecule has 17 heavy (non-hydrogen) atoms. The second-order valence-corrected chi connectivity index (χ2v) is 5.49. The Morgan fingerprint density at radius 3 is 2.53 bits per heavy atom. The number of ketones is 1. The Morgan fingerprint density at radius 1 is 1.35 bits per heavy atom. The number of methoxy groups -OCH3 is 1. The van der Waals surface area contributed by atoms with Gasteiger partial charge in [-0.2, -0.15) is 0 Å². The number of piperidine rings is 1. The molecule has 98 valence electrons. The van der Waals surface area contributed by atoms with Crippen molar-refractivity contribution in [2.45, 2.75) is 46.1 Å². The second-order valence-electron chi connectivity index (χ2n) is 5.49. The van der Waals surface area contributed by atoms with E-state index in [-0.39, 0.29) is 24.3 Å². The van der Waals surface area contributed by atoms with Crippen molar-refractivity contribution in [2.24, 2.45) is 5.41 Å². The number of likely N-dealkylation sites (tertiary alicyclic amines) is 1. The molecule has 1 unspecified atom stereocenters. The van der Waals surface area contributed by atoms with Crippen LogP contribution in [0.25, 0.3) is 0 Å². The Morgan fingerprint density at radius 2 is 2.00 bits per heavy atom. The third-order valence-corrected chi connectivity index (χ3v) is 3.38. The summed E-state index contributed by atoms with van der Waals surface area (Å²) in [5.41, 5.74) is -0.733. The normalized spacial score (nSPS) is 21.4. The molecule has 1 aliphatic rings. The lowest BCUT2D eigenvalue weighted by Gasteiger charge is -2.34. The summed E-state index contributed by atoms with van der Waals surface area (Å²) in [7, 11) is 1.54. The summed E-state index contributed by atoms with van der Waals surface area (Å²) < 4.78 is 5.00. The van der Waals surface area contributed by atoms with Crippen molar-refractivity contribution >= 4 is 11.7 Å². The maximum atomic E-state index is 12.2. The highest BCUT2D eigenvalue weighted by Gasteiger charge is 2.37. The summed E-state index contributed by atoms with van der Waals surface area (Å²) in [5.74, 6) is -0.688. The molecule has 0 aliphatic carbocycles. The van der Waals surface area contributed by atoms with Crippen LogP contribution in [0.15, 0.2) is 0 Å². The molecule has 1 fully saturated rings. The number of hydrogen-bond donors (Lipinski definition) is 0. The standard InChI is InChI=1S/C13H23NO3/c1-10-7-5-6-8-14(10)12(16)11(15)13(2,3)9-17-4/h10H,5-9H2,1-4H3. The molecule has 0 aromatic carbocycles. The minimum absolute atomic E-state index is 0.179. The van der Waals surface area contributed by atoms with Crippen LogP contribution in [-0.4, -0.2) is 42.9 Å². The molecule has 4 heteroatoms. The number of carbonyl (C=O) groups excluding carboxylic acids is 2. The number of hydrogen-bond acceptors (Lipinski definition) is 3. The molecule has 0 aromatic heterocycles. The van der Waals surface area contributed by atoms with Gasteiger partial charge in [0.1, 0.15) is 0 Å². The zero-order valence-electron chi connectivity index (χ0n) is 11.3. The molecule has 1 aliphatic heterocycles. The Hall–Kier alpha value is -0.900. The van der Waals surface area contributed by atoms with Crippen LogP contribution in [0, 0.1) is 5.41 Å². The van der Waals surface area contributed by atoms with Gasteiger partial charge in [0.25, 0.3) is 5.91 Å². The number of amides is 1. The van der Waals surface area contributed by atoms with Crippen LogP contribution in [0.2, 0.25) is 0 Å². The van der Waals surface area contributed by atoms with Crippen molar-refractivity contribution in [2.75, 3.05) is 20.3 Å². The smallest absolute Gasteiger partial charge is 0.290 e. The lowest BCUT2D eigenvalue weighted by atomic mass is 9.87. The molecule has 0 aromatic rings. The van der Waals surface area contributed by atoms with Crippen LogP contribution in [0.4, 0.5) is 0 Å². The third kappa shape index (κ3) is 3.28. The van der Waals surface area contributed by atoms with Crippen LogP contribution in [-0.2, 0) is 14.3 Å². The Labute approximate surface area is 103 Å². The molecule has 1 saturated heterocycles. The average molecular weight is 241 g/mol. The van der Waals surface area contributed by atoms with E-state index in [1.807, 2.05) is 6.92 Å². The molecular formula is C13H23NO3. The lowest BCUT2D eigenvalue weighted by molar-refractivity contribution is -0.152. The van der Waals surface area contributed by atoms with E-state index < -0.39 is 5.41 Å². The van der Waals surface area contributed by atoms with E-state index in [1.165, 1.54) is 0 Å². The number of rotatable bonds is 4. The zero-order chi connectivity index (χ0) is 13.1. The first kappa shape index (κ1) is 14.2. The van der Waals surface area contributed by atoms with Crippen LogP contribution in [0.5, 0.6) is 0 Å². The summed E-state index contributed by atoms with van der Waals surface area (Å²) in [4.78, 5) is 26.0. The van der Waals surface area contributed by atoms with Crippen LogP contribution >= 0.6 is 0 Å². The van der Waals surface area contributed by atoms with Crippen molar-refractivity contribution in [3.05, 3.63) is 0 Å². The van der Waals surface area contributed by atoms with E-state index in [0.717, 1.165) is 19.3 Å². The van der Waals surface area contributed by atoms with Gasteiger partial charge in [-0.05, 0) is 26.2 Å². The van der Waals surface area contributed by atoms with Gasteiger partial charge < -0.3 is 9.64 Å². The molecule has 0 radical (unpaired) electrons. The van der Waals surface area contributed by atoms with Gasteiger partial charge in [-0.25, -0.2) is 0 Å². The van der Waals surface area contributed by atoms with E-state index in [9.17, 15) is 9.59 Å². The Balaban J connectivity index is 2.71.